The van der Waals surface area contributed by atoms with Gasteiger partial charge in [-0.05, 0) is 37.0 Å². The average Bonchev–Trinajstić information content (AvgIpc) is 2.89. The molecule has 4 heteroatoms. The molecule has 0 heterocycles. The zero-order valence-electron chi connectivity index (χ0n) is 11.1. The van der Waals surface area contributed by atoms with E-state index in [1.54, 1.807) is 0 Å². The van der Waals surface area contributed by atoms with Gasteiger partial charge in [-0.1, -0.05) is 49.5 Å². The van der Waals surface area contributed by atoms with E-state index >= 15 is 0 Å². The topological polar surface area (TPSA) is 38.0 Å². The summed E-state index contributed by atoms with van der Waals surface area (Å²) >= 11 is 11.0. The van der Waals surface area contributed by atoms with Crippen LogP contribution in [-0.2, 0) is 0 Å². The van der Waals surface area contributed by atoms with Crippen molar-refractivity contribution in [2.24, 2.45) is 11.7 Å². The SMILES string of the molecule is NC(=S)c1cc(Cl)ccc1NCCCC1CCCC1. The van der Waals surface area contributed by atoms with Crippen LogP contribution in [0, 0.1) is 5.92 Å². The highest BCUT2D eigenvalue weighted by Gasteiger charge is 2.14. The van der Waals surface area contributed by atoms with Gasteiger partial charge < -0.3 is 11.1 Å². The van der Waals surface area contributed by atoms with Crippen LogP contribution < -0.4 is 11.1 Å². The van der Waals surface area contributed by atoms with E-state index in [1.807, 2.05) is 18.2 Å². The minimum Gasteiger partial charge on any atom is -0.389 e. The van der Waals surface area contributed by atoms with Crippen molar-refractivity contribution in [1.82, 2.24) is 0 Å². The zero-order chi connectivity index (χ0) is 13.7. The van der Waals surface area contributed by atoms with Crippen LogP contribution >= 0.6 is 23.8 Å². The minimum atomic E-state index is 0.390. The van der Waals surface area contributed by atoms with Gasteiger partial charge in [-0.15, -0.1) is 0 Å². The summed E-state index contributed by atoms with van der Waals surface area (Å²) in [6, 6.07) is 5.64. The molecule has 3 N–H and O–H groups in total. The Bertz CT molecular complexity index is 442. The number of nitrogens with two attached hydrogens (primary N) is 1. The van der Waals surface area contributed by atoms with Crippen LogP contribution in [0.4, 0.5) is 5.69 Å². The molecule has 1 aliphatic carbocycles. The molecule has 2 nitrogen and oxygen atoms in total. The lowest BCUT2D eigenvalue weighted by atomic mass is 10.0. The van der Waals surface area contributed by atoms with E-state index < -0.39 is 0 Å². The second kappa shape index (κ2) is 7.11. The standard InChI is InChI=1S/C15H21ClN2S/c16-12-7-8-14(13(10-12)15(17)19)18-9-3-6-11-4-1-2-5-11/h7-8,10-11,18H,1-6,9H2,(H2,17,19). The van der Waals surface area contributed by atoms with Crippen molar-refractivity contribution in [3.8, 4) is 0 Å². The predicted molar refractivity (Wildman–Crippen MR) is 87.0 cm³/mol. The Morgan fingerprint density at radius 3 is 2.79 bits per heavy atom. The maximum Gasteiger partial charge on any atom is 0.106 e. The number of benzene rings is 1. The molecule has 0 atom stereocenters. The fourth-order valence-corrected chi connectivity index (χ4v) is 3.13. The number of hydrogen-bond donors (Lipinski definition) is 2. The van der Waals surface area contributed by atoms with Gasteiger partial charge in [0.2, 0.25) is 0 Å². The first-order chi connectivity index (χ1) is 9.16. The summed E-state index contributed by atoms with van der Waals surface area (Å²) in [5.74, 6) is 0.946. The highest BCUT2D eigenvalue weighted by atomic mass is 35.5. The predicted octanol–water partition coefficient (Wildman–Crippen LogP) is 4.36. The quantitative estimate of drug-likeness (QED) is 0.605. The van der Waals surface area contributed by atoms with Crippen molar-refractivity contribution in [3.05, 3.63) is 28.8 Å². The highest BCUT2D eigenvalue weighted by Crippen LogP contribution is 2.28. The van der Waals surface area contributed by atoms with Gasteiger partial charge in [0, 0.05) is 22.8 Å². The molecule has 1 aliphatic rings. The summed E-state index contributed by atoms with van der Waals surface area (Å²) in [5, 5.41) is 4.09. The zero-order valence-corrected chi connectivity index (χ0v) is 12.7. The van der Waals surface area contributed by atoms with E-state index in [9.17, 15) is 0 Å². The molecule has 0 saturated heterocycles. The van der Waals surface area contributed by atoms with Crippen molar-refractivity contribution < 1.29 is 0 Å². The largest absolute Gasteiger partial charge is 0.389 e. The average molecular weight is 297 g/mol. The molecule has 1 aromatic carbocycles. The Kier molecular flexibility index (Phi) is 5.46. The third kappa shape index (κ3) is 4.36. The number of hydrogen-bond acceptors (Lipinski definition) is 2. The lowest BCUT2D eigenvalue weighted by Gasteiger charge is -2.13. The smallest absolute Gasteiger partial charge is 0.106 e. The number of nitrogens with one attached hydrogen (secondary N) is 1. The van der Waals surface area contributed by atoms with Crippen LogP contribution in [0.3, 0.4) is 0 Å². The number of anilines is 1. The van der Waals surface area contributed by atoms with Crippen LogP contribution in [0.5, 0.6) is 0 Å². The highest BCUT2D eigenvalue weighted by molar-refractivity contribution is 7.80. The maximum absolute atomic E-state index is 5.97. The molecule has 104 valence electrons. The van der Waals surface area contributed by atoms with Crippen molar-refractivity contribution in [2.45, 2.75) is 38.5 Å². The van der Waals surface area contributed by atoms with Crippen molar-refractivity contribution >= 4 is 34.5 Å². The van der Waals surface area contributed by atoms with Gasteiger partial charge in [0.05, 0.1) is 0 Å². The summed E-state index contributed by atoms with van der Waals surface area (Å²) in [5.41, 5.74) is 7.55. The summed E-state index contributed by atoms with van der Waals surface area (Å²) in [7, 11) is 0. The molecule has 0 spiro atoms. The third-order valence-corrected chi connectivity index (χ3v) is 4.28. The van der Waals surface area contributed by atoms with Gasteiger partial charge in [0.1, 0.15) is 4.99 Å². The van der Waals surface area contributed by atoms with Gasteiger partial charge >= 0.3 is 0 Å². The molecule has 0 bridgehead atoms. The maximum atomic E-state index is 5.97. The molecule has 2 rings (SSSR count). The lowest BCUT2D eigenvalue weighted by molar-refractivity contribution is 0.491. The Morgan fingerprint density at radius 1 is 1.37 bits per heavy atom. The summed E-state index contributed by atoms with van der Waals surface area (Å²) < 4.78 is 0. The molecule has 0 unspecified atom stereocenters. The molecule has 19 heavy (non-hydrogen) atoms. The Labute approximate surface area is 125 Å². The molecule has 0 amide bonds. The normalized spacial score (nSPS) is 15.6. The molecule has 0 radical (unpaired) electrons. The van der Waals surface area contributed by atoms with Crippen LogP contribution in [0.2, 0.25) is 5.02 Å². The number of thiocarbonyl (C=S) groups is 1. The Hall–Kier alpha value is -0.800. The first-order valence-electron chi connectivity index (χ1n) is 7.00. The fourth-order valence-electron chi connectivity index (χ4n) is 2.79. The van der Waals surface area contributed by atoms with Crippen LogP contribution in [0.25, 0.3) is 0 Å². The summed E-state index contributed by atoms with van der Waals surface area (Å²) in [6.07, 6.45) is 8.19. The van der Waals surface area contributed by atoms with Gasteiger partial charge in [0.15, 0.2) is 0 Å². The van der Waals surface area contributed by atoms with Crippen LogP contribution in [-0.4, -0.2) is 11.5 Å². The van der Waals surface area contributed by atoms with Crippen molar-refractivity contribution in [1.29, 1.82) is 0 Å². The first kappa shape index (κ1) is 14.6. The Balaban J connectivity index is 1.83. The van der Waals surface area contributed by atoms with Gasteiger partial charge in [-0.25, -0.2) is 0 Å². The first-order valence-corrected chi connectivity index (χ1v) is 7.78. The molecular weight excluding hydrogens is 276 g/mol. The van der Waals surface area contributed by atoms with Crippen LogP contribution in [0.1, 0.15) is 44.1 Å². The number of rotatable bonds is 6. The van der Waals surface area contributed by atoms with Gasteiger partial charge in [-0.3, -0.25) is 0 Å². The van der Waals surface area contributed by atoms with Gasteiger partial charge in [-0.2, -0.15) is 0 Å². The van der Waals surface area contributed by atoms with E-state index in [0.29, 0.717) is 10.0 Å². The summed E-state index contributed by atoms with van der Waals surface area (Å²) in [4.78, 5) is 0.390. The lowest BCUT2D eigenvalue weighted by Crippen LogP contribution is -2.14. The van der Waals surface area contributed by atoms with Crippen molar-refractivity contribution in [2.75, 3.05) is 11.9 Å². The van der Waals surface area contributed by atoms with E-state index in [1.165, 1.54) is 38.5 Å². The molecule has 1 aromatic rings. The van der Waals surface area contributed by atoms with E-state index in [0.717, 1.165) is 23.7 Å². The second-order valence-electron chi connectivity index (χ2n) is 5.27. The van der Waals surface area contributed by atoms with Crippen molar-refractivity contribution in [3.63, 3.8) is 0 Å². The second-order valence-corrected chi connectivity index (χ2v) is 6.15. The van der Waals surface area contributed by atoms with E-state index in [2.05, 4.69) is 5.32 Å². The molecule has 0 aromatic heterocycles. The monoisotopic (exact) mass is 296 g/mol. The fraction of sp³-hybridized carbons (Fsp3) is 0.533. The molecular formula is C15H21ClN2S. The third-order valence-electron chi connectivity index (χ3n) is 3.83. The van der Waals surface area contributed by atoms with E-state index in [-0.39, 0.29) is 0 Å². The van der Waals surface area contributed by atoms with Crippen LogP contribution in [0.15, 0.2) is 18.2 Å². The number of halogens is 1. The molecule has 0 aliphatic heterocycles. The molecule has 1 saturated carbocycles. The minimum absolute atomic E-state index is 0.390. The van der Waals surface area contributed by atoms with Gasteiger partial charge in [0.25, 0.3) is 0 Å². The molecule has 1 fully saturated rings. The Morgan fingerprint density at radius 2 is 2.11 bits per heavy atom. The summed E-state index contributed by atoms with van der Waals surface area (Å²) in [6.45, 7) is 0.966. The van der Waals surface area contributed by atoms with E-state index in [4.69, 9.17) is 29.6 Å².